The molecule has 0 fully saturated rings. The number of benzene rings is 2. The number of hydrogen-bond donors (Lipinski definition) is 1. The van der Waals surface area contributed by atoms with E-state index >= 15 is 0 Å². The van der Waals surface area contributed by atoms with Crippen molar-refractivity contribution in [2.75, 3.05) is 6.54 Å². The van der Waals surface area contributed by atoms with Crippen LogP contribution in [0.2, 0.25) is 0 Å². The molecule has 0 aromatic heterocycles. The number of nitrogens with one attached hydrogen (secondary N) is 1. The maximum absolute atomic E-state index is 13.2. The van der Waals surface area contributed by atoms with Crippen molar-refractivity contribution >= 4 is 15.9 Å². The van der Waals surface area contributed by atoms with E-state index < -0.39 is 0 Å². The minimum atomic E-state index is -0.257. The number of halogens is 3. The van der Waals surface area contributed by atoms with Gasteiger partial charge in [0.15, 0.2) is 0 Å². The summed E-state index contributed by atoms with van der Waals surface area (Å²) in [7, 11) is 0. The predicted molar refractivity (Wildman–Crippen MR) is 85.4 cm³/mol. The van der Waals surface area contributed by atoms with Crippen LogP contribution in [0.5, 0.6) is 0 Å². The van der Waals surface area contributed by atoms with Crippen LogP contribution in [-0.2, 0) is 6.42 Å². The normalized spacial score (nSPS) is 12.4. The topological polar surface area (TPSA) is 12.0 Å². The van der Waals surface area contributed by atoms with Crippen molar-refractivity contribution in [2.45, 2.75) is 26.3 Å². The first-order valence-electron chi connectivity index (χ1n) is 6.90. The van der Waals surface area contributed by atoms with Gasteiger partial charge < -0.3 is 5.32 Å². The van der Waals surface area contributed by atoms with E-state index in [2.05, 4.69) is 21.2 Å². The third kappa shape index (κ3) is 4.35. The molecule has 2 rings (SSSR count). The van der Waals surface area contributed by atoms with Crippen molar-refractivity contribution in [2.24, 2.45) is 0 Å². The Morgan fingerprint density at radius 3 is 2.57 bits per heavy atom. The van der Waals surface area contributed by atoms with Gasteiger partial charge in [0, 0.05) is 6.04 Å². The van der Waals surface area contributed by atoms with Gasteiger partial charge in [-0.05, 0) is 83.7 Å². The molecule has 1 atom stereocenters. The molecule has 0 amide bonds. The van der Waals surface area contributed by atoms with E-state index in [9.17, 15) is 8.78 Å². The van der Waals surface area contributed by atoms with Crippen LogP contribution in [0.3, 0.4) is 0 Å². The van der Waals surface area contributed by atoms with Crippen LogP contribution in [0.15, 0.2) is 40.9 Å². The first-order chi connectivity index (χ1) is 9.97. The van der Waals surface area contributed by atoms with E-state index in [-0.39, 0.29) is 17.7 Å². The van der Waals surface area contributed by atoms with Crippen LogP contribution in [0.1, 0.15) is 29.7 Å². The van der Waals surface area contributed by atoms with Crippen molar-refractivity contribution in [1.29, 1.82) is 0 Å². The molecule has 1 N–H and O–H groups in total. The van der Waals surface area contributed by atoms with Crippen LogP contribution in [-0.4, -0.2) is 6.54 Å². The average molecular weight is 354 g/mol. The lowest BCUT2D eigenvalue weighted by Gasteiger charge is -2.15. The molecule has 0 bridgehead atoms. The minimum Gasteiger partial charge on any atom is -0.310 e. The molecule has 1 unspecified atom stereocenters. The van der Waals surface area contributed by atoms with Crippen LogP contribution in [0.4, 0.5) is 8.78 Å². The van der Waals surface area contributed by atoms with E-state index in [1.165, 1.54) is 12.1 Å². The standard InChI is InChI=1S/C17H18BrF2N/c1-11-9-15(19)5-3-13(11)7-8-21-12(2)14-4-6-17(20)16(18)10-14/h3-6,9-10,12,21H,7-8H2,1-2H3. The van der Waals surface area contributed by atoms with Crippen molar-refractivity contribution in [3.05, 3.63) is 69.2 Å². The van der Waals surface area contributed by atoms with E-state index in [0.29, 0.717) is 4.47 Å². The molecule has 4 heteroatoms. The predicted octanol–water partition coefficient (Wildman–Crippen LogP) is 4.93. The van der Waals surface area contributed by atoms with E-state index in [1.54, 1.807) is 18.2 Å². The Hall–Kier alpha value is -1.26. The van der Waals surface area contributed by atoms with E-state index in [4.69, 9.17) is 0 Å². The molecule has 0 spiro atoms. The maximum atomic E-state index is 13.2. The number of aryl methyl sites for hydroxylation is 1. The molecule has 0 aliphatic carbocycles. The van der Waals surface area contributed by atoms with Crippen LogP contribution < -0.4 is 5.32 Å². The first-order valence-corrected chi connectivity index (χ1v) is 7.70. The molecule has 112 valence electrons. The quantitative estimate of drug-likeness (QED) is 0.803. The van der Waals surface area contributed by atoms with Crippen molar-refractivity contribution in [1.82, 2.24) is 5.32 Å². The third-order valence-electron chi connectivity index (χ3n) is 3.59. The molecule has 0 aliphatic heterocycles. The second kappa shape index (κ2) is 7.14. The molecule has 0 aliphatic rings. The Kier molecular flexibility index (Phi) is 5.48. The monoisotopic (exact) mass is 353 g/mol. The smallest absolute Gasteiger partial charge is 0.137 e. The summed E-state index contributed by atoms with van der Waals surface area (Å²) in [6.07, 6.45) is 0.832. The fraction of sp³-hybridized carbons (Fsp3) is 0.294. The van der Waals surface area contributed by atoms with Crippen LogP contribution in [0, 0.1) is 18.6 Å². The summed E-state index contributed by atoms with van der Waals surface area (Å²) in [5.74, 6) is -0.457. The lowest BCUT2D eigenvalue weighted by Crippen LogP contribution is -2.21. The molecular weight excluding hydrogens is 336 g/mol. The summed E-state index contributed by atoms with van der Waals surface area (Å²) in [5.41, 5.74) is 3.13. The first kappa shape index (κ1) is 16.1. The minimum absolute atomic E-state index is 0.127. The maximum Gasteiger partial charge on any atom is 0.137 e. The fourth-order valence-electron chi connectivity index (χ4n) is 2.26. The second-order valence-electron chi connectivity index (χ2n) is 5.17. The molecule has 2 aromatic rings. The molecule has 0 radical (unpaired) electrons. The van der Waals surface area contributed by atoms with Gasteiger partial charge in [-0.3, -0.25) is 0 Å². The lowest BCUT2D eigenvalue weighted by atomic mass is 10.0. The number of hydrogen-bond acceptors (Lipinski definition) is 1. The summed E-state index contributed by atoms with van der Waals surface area (Å²) in [5, 5.41) is 3.40. The van der Waals surface area contributed by atoms with Gasteiger partial charge in [0.25, 0.3) is 0 Å². The Balaban J connectivity index is 1.92. The number of rotatable bonds is 5. The van der Waals surface area contributed by atoms with Crippen LogP contribution >= 0.6 is 15.9 Å². The van der Waals surface area contributed by atoms with Gasteiger partial charge in [0.1, 0.15) is 11.6 Å². The summed E-state index contributed by atoms with van der Waals surface area (Å²) in [6.45, 7) is 4.73. The summed E-state index contributed by atoms with van der Waals surface area (Å²) < 4.78 is 26.7. The van der Waals surface area contributed by atoms with Gasteiger partial charge in [-0.25, -0.2) is 8.78 Å². The van der Waals surface area contributed by atoms with Gasteiger partial charge in [0.05, 0.1) is 4.47 Å². The fourth-order valence-corrected chi connectivity index (χ4v) is 2.66. The zero-order valence-electron chi connectivity index (χ0n) is 12.1. The Morgan fingerprint density at radius 1 is 1.14 bits per heavy atom. The SMILES string of the molecule is Cc1cc(F)ccc1CCNC(C)c1ccc(F)c(Br)c1. The Morgan fingerprint density at radius 2 is 1.90 bits per heavy atom. The zero-order valence-corrected chi connectivity index (χ0v) is 13.7. The van der Waals surface area contributed by atoms with Gasteiger partial charge >= 0.3 is 0 Å². The molecule has 0 saturated heterocycles. The lowest BCUT2D eigenvalue weighted by molar-refractivity contribution is 0.570. The molecule has 21 heavy (non-hydrogen) atoms. The zero-order chi connectivity index (χ0) is 15.4. The van der Waals surface area contributed by atoms with Gasteiger partial charge in [-0.15, -0.1) is 0 Å². The van der Waals surface area contributed by atoms with E-state index in [0.717, 1.165) is 29.7 Å². The molecule has 0 heterocycles. The van der Waals surface area contributed by atoms with Crippen molar-refractivity contribution in [3.63, 3.8) is 0 Å². The molecule has 0 saturated carbocycles. The average Bonchev–Trinajstić information content (AvgIpc) is 2.44. The highest BCUT2D eigenvalue weighted by Gasteiger charge is 2.08. The molecular formula is C17H18BrF2N. The van der Waals surface area contributed by atoms with Crippen molar-refractivity contribution < 1.29 is 8.78 Å². The Labute approximate surface area is 132 Å². The summed E-state index contributed by atoms with van der Waals surface area (Å²) in [6, 6.07) is 10.0. The Bertz CT molecular complexity index is 628. The highest BCUT2D eigenvalue weighted by molar-refractivity contribution is 9.10. The van der Waals surface area contributed by atoms with Gasteiger partial charge in [0.2, 0.25) is 0 Å². The highest BCUT2D eigenvalue weighted by atomic mass is 79.9. The van der Waals surface area contributed by atoms with Crippen molar-refractivity contribution in [3.8, 4) is 0 Å². The third-order valence-corrected chi connectivity index (χ3v) is 4.20. The van der Waals surface area contributed by atoms with E-state index in [1.807, 2.05) is 19.9 Å². The van der Waals surface area contributed by atoms with Gasteiger partial charge in [-0.1, -0.05) is 12.1 Å². The second-order valence-corrected chi connectivity index (χ2v) is 6.02. The highest BCUT2D eigenvalue weighted by Crippen LogP contribution is 2.21. The summed E-state index contributed by atoms with van der Waals surface area (Å²) >= 11 is 3.20. The van der Waals surface area contributed by atoms with Crippen LogP contribution in [0.25, 0.3) is 0 Å². The summed E-state index contributed by atoms with van der Waals surface area (Å²) in [4.78, 5) is 0. The molecule has 1 nitrogen and oxygen atoms in total. The largest absolute Gasteiger partial charge is 0.310 e. The van der Waals surface area contributed by atoms with Gasteiger partial charge in [-0.2, -0.15) is 0 Å². The molecule has 2 aromatic carbocycles.